The van der Waals surface area contributed by atoms with Crippen molar-refractivity contribution in [2.75, 3.05) is 11.9 Å². The molecule has 0 radical (unpaired) electrons. The molecule has 0 fully saturated rings. The second-order valence-electron chi connectivity index (χ2n) is 7.09. The third-order valence-corrected chi connectivity index (χ3v) is 6.04. The van der Waals surface area contributed by atoms with E-state index < -0.39 is 23.9 Å². The van der Waals surface area contributed by atoms with E-state index in [1.165, 1.54) is 54.7 Å². The Morgan fingerprint density at radius 1 is 1.19 bits per heavy atom. The van der Waals surface area contributed by atoms with Crippen LogP contribution in [0.1, 0.15) is 53.1 Å². The van der Waals surface area contributed by atoms with Gasteiger partial charge in [-0.05, 0) is 68.9 Å². The van der Waals surface area contributed by atoms with Gasteiger partial charge < -0.3 is 14.8 Å². The van der Waals surface area contributed by atoms with E-state index in [0.29, 0.717) is 16.1 Å². The number of nitrogens with one attached hydrogen (secondary N) is 1. The van der Waals surface area contributed by atoms with E-state index in [4.69, 9.17) is 9.47 Å². The van der Waals surface area contributed by atoms with Gasteiger partial charge in [-0.25, -0.2) is 14.0 Å². The molecular formula is C23H24FNO5S. The standard InChI is InChI=1S/C23H24FNO5S/c1-3-29-23(28)20-17-6-4-5-7-18(17)31-22(20)25-21(27)14(2)30-19(26)13-10-15-8-11-16(24)12-9-15/h8-14H,3-7H2,1-2H3,(H,25,27). The van der Waals surface area contributed by atoms with E-state index in [2.05, 4.69) is 5.32 Å². The van der Waals surface area contributed by atoms with E-state index in [-0.39, 0.29) is 12.4 Å². The van der Waals surface area contributed by atoms with Gasteiger partial charge in [-0.3, -0.25) is 4.79 Å². The third kappa shape index (κ3) is 5.79. The molecule has 0 saturated carbocycles. The topological polar surface area (TPSA) is 81.7 Å². The van der Waals surface area contributed by atoms with Crippen molar-refractivity contribution in [3.63, 3.8) is 0 Å². The minimum absolute atomic E-state index is 0.241. The predicted octanol–water partition coefficient (Wildman–Crippen LogP) is 4.53. The van der Waals surface area contributed by atoms with Crippen molar-refractivity contribution >= 4 is 40.3 Å². The van der Waals surface area contributed by atoms with Crippen molar-refractivity contribution in [3.05, 3.63) is 57.7 Å². The average molecular weight is 446 g/mol. The summed E-state index contributed by atoms with van der Waals surface area (Å²) in [4.78, 5) is 38.2. The van der Waals surface area contributed by atoms with Crippen LogP contribution in [0.3, 0.4) is 0 Å². The van der Waals surface area contributed by atoms with Crippen LogP contribution >= 0.6 is 11.3 Å². The fourth-order valence-corrected chi connectivity index (χ4v) is 4.57. The van der Waals surface area contributed by atoms with Gasteiger partial charge in [0, 0.05) is 11.0 Å². The van der Waals surface area contributed by atoms with Crippen LogP contribution in [0.25, 0.3) is 6.08 Å². The Morgan fingerprint density at radius 3 is 2.61 bits per heavy atom. The Hall–Kier alpha value is -3.00. The Bertz CT molecular complexity index is 996. The summed E-state index contributed by atoms with van der Waals surface area (Å²) in [6.07, 6.45) is 5.23. The molecule has 1 aromatic carbocycles. The molecule has 1 N–H and O–H groups in total. The number of carbonyl (C=O) groups is 3. The van der Waals surface area contributed by atoms with E-state index >= 15 is 0 Å². The summed E-state index contributed by atoms with van der Waals surface area (Å²) in [5.74, 6) is -2.07. The lowest BCUT2D eigenvalue weighted by Crippen LogP contribution is -2.29. The highest BCUT2D eigenvalue weighted by molar-refractivity contribution is 7.17. The van der Waals surface area contributed by atoms with Gasteiger partial charge in [-0.2, -0.15) is 0 Å². The molecular weight excluding hydrogens is 421 g/mol. The number of fused-ring (bicyclic) bond motifs is 1. The Labute approximate surface area is 184 Å². The van der Waals surface area contributed by atoms with Crippen LogP contribution < -0.4 is 5.32 Å². The maximum atomic E-state index is 12.9. The molecule has 164 valence electrons. The molecule has 1 aliphatic carbocycles. The number of carbonyl (C=O) groups excluding carboxylic acids is 3. The van der Waals surface area contributed by atoms with Crippen LogP contribution in [0.15, 0.2) is 30.3 Å². The largest absolute Gasteiger partial charge is 0.462 e. The van der Waals surface area contributed by atoms with Crippen molar-refractivity contribution < 1.29 is 28.2 Å². The summed E-state index contributed by atoms with van der Waals surface area (Å²) < 4.78 is 23.3. The summed E-state index contributed by atoms with van der Waals surface area (Å²) in [6.45, 7) is 3.43. The maximum Gasteiger partial charge on any atom is 0.341 e. The summed E-state index contributed by atoms with van der Waals surface area (Å²) in [5.41, 5.74) is 1.97. The van der Waals surface area contributed by atoms with Gasteiger partial charge in [0.15, 0.2) is 6.10 Å². The van der Waals surface area contributed by atoms with Crippen molar-refractivity contribution in [1.82, 2.24) is 0 Å². The molecule has 6 nitrogen and oxygen atoms in total. The van der Waals surface area contributed by atoms with Crippen LogP contribution in [0.5, 0.6) is 0 Å². The molecule has 1 unspecified atom stereocenters. The van der Waals surface area contributed by atoms with Gasteiger partial charge in [-0.1, -0.05) is 12.1 Å². The number of hydrogen-bond donors (Lipinski definition) is 1. The van der Waals surface area contributed by atoms with Crippen LogP contribution in [-0.2, 0) is 31.9 Å². The minimum Gasteiger partial charge on any atom is -0.462 e. The zero-order valence-corrected chi connectivity index (χ0v) is 18.2. The number of esters is 2. The summed E-state index contributed by atoms with van der Waals surface area (Å²) >= 11 is 1.37. The second-order valence-corrected chi connectivity index (χ2v) is 8.19. The molecule has 0 saturated heterocycles. The monoisotopic (exact) mass is 445 g/mol. The number of amides is 1. The summed E-state index contributed by atoms with van der Waals surface area (Å²) in [6, 6.07) is 5.60. The fraction of sp³-hybridized carbons (Fsp3) is 0.348. The number of anilines is 1. The maximum absolute atomic E-state index is 12.9. The number of ether oxygens (including phenoxy) is 2. The highest BCUT2D eigenvalue weighted by Gasteiger charge is 2.28. The van der Waals surface area contributed by atoms with Gasteiger partial charge in [-0.15, -0.1) is 11.3 Å². The SMILES string of the molecule is CCOC(=O)c1c(NC(=O)C(C)OC(=O)C=Cc2ccc(F)cc2)sc2c1CCCC2. The first-order valence-electron chi connectivity index (χ1n) is 10.2. The lowest BCUT2D eigenvalue weighted by molar-refractivity contribution is -0.148. The molecule has 2 aromatic rings. The molecule has 0 spiro atoms. The minimum atomic E-state index is -1.07. The molecule has 1 heterocycles. The van der Waals surface area contributed by atoms with E-state index in [9.17, 15) is 18.8 Å². The van der Waals surface area contributed by atoms with E-state index in [0.717, 1.165) is 36.1 Å². The molecule has 31 heavy (non-hydrogen) atoms. The van der Waals surface area contributed by atoms with Gasteiger partial charge in [0.05, 0.1) is 12.2 Å². The van der Waals surface area contributed by atoms with Crippen molar-refractivity contribution in [3.8, 4) is 0 Å². The Morgan fingerprint density at radius 2 is 1.90 bits per heavy atom. The van der Waals surface area contributed by atoms with E-state index in [1.807, 2.05) is 0 Å². The van der Waals surface area contributed by atoms with Gasteiger partial charge >= 0.3 is 11.9 Å². The number of halogens is 1. The van der Waals surface area contributed by atoms with E-state index in [1.54, 1.807) is 6.92 Å². The van der Waals surface area contributed by atoms with Crippen molar-refractivity contribution in [2.45, 2.75) is 45.6 Å². The molecule has 0 aliphatic heterocycles. The molecule has 1 aliphatic rings. The second kappa shape index (κ2) is 10.3. The zero-order chi connectivity index (χ0) is 22.4. The predicted molar refractivity (Wildman–Crippen MR) is 117 cm³/mol. The molecule has 1 atom stereocenters. The molecule has 8 heteroatoms. The summed E-state index contributed by atoms with van der Waals surface area (Å²) in [5, 5.41) is 3.16. The number of hydrogen-bond acceptors (Lipinski definition) is 6. The number of thiophene rings is 1. The van der Waals surface area contributed by atoms with Crippen LogP contribution in [0.4, 0.5) is 9.39 Å². The number of aryl methyl sites for hydroxylation is 1. The van der Waals surface area contributed by atoms with Gasteiger partial charge in [0.2, 0.25) is 0 Å². The first kappa shape index (κ1) is 22.7. The zero-order valence-electron chi connectivity index (χ0n) is 17.4. The van der Waals surface area contributed by atoms with Crippen molar-refractivity contribution in [2.24, 2.45) is 0 Å². The van der Waals surface area contributed by atoms with Crippen LogP contribution in [0.2, 0.25) is 0 Å². The van der Waals surface area contributed by atoms with Crippen LogP contribution in [-0.4, -0.2) is 30.6 Å². The molecule has 0 bridgehead atoms. The highest BCUT2D eigenvalue weighted by atomic mass is 32.1. The number of rotatable bonds is 7. The molecule has 1 aromatic heterocycles. The van der Waals surface area contributed by atoms with Gasteiger partial charge in [0.25, 0.3) is 5.91 Å². The Kier molecular flexibility index (Phi) is 7.57. The van der Waals surface area contributed by atoms with Crippen molar-refractivity contribution in [1.29, 1.82) is 0 Å². The normalized spacial score (nSPS) is 14.0. The smallest absolute Gasteiger partial charge is 0.341 e. The highest BCUT2D eigenvalue weighted by Crippen LogP contribution is 2.38. The van der Waals surface area contributed by atoms with Gasteiger partial charge in [0.1, 0.15) is 10.8 Å². The molecule has 3 rings (SSSR count). The quantitative estimate of drug-likeness (QED) is 0.500. The lowest BCUT2D eigenvalue weighted by Gasteiger charge is -2.13. The number of benzene rings is 1. The lowest BCUT2D eigenvalue weighted by atomic mass is 9.95. The Balaban J connectivity index is 1.66. The molecule has 1 amide bonds. The third-order valence-electron chi connectivity index (χ3n) is 4.83. The average Bonchev–Trinajstić information content (AvgIpc) is 3.11. The summed E-state index contributed by atoms with van der Waals surface area (Å²) in [7, 11) is 0. The van der Waals surface area contributed by atoms with Crippen LogP contribution in [0, 0.1) is 5.82 Å². The first-order chi connectivity index (χ1) is 14.9. The fourth-order valence-electron chi connectivity index (χ4n) is 3.29. The first-order valence-corrected chi connectivity index (χ1v) is 11.0.